The second-order valence-electron chi connectivity index (χ2n) is 3.61. The molecule has 0 bridgehead atoms. The maximum absolute atomic E-state index is 13.2. The smallest absolute Gasteiger partial charge is 0.266 e. The number of aliphatic hydroxyl groups is 2. The van der Waals surface area contributed by atoms with Gasteiger partial charge >= 0.3 is 0 Å². The van der Waals surface area contributed by atoms with Crippen LogP contribution in [0, 0.1) is 5.82 Å². The van der Waals surface area contributed by atoms with Gasteiger partial charge in [0, 0.05) is 0 Å². The maximum atomic E-state index is 13.2. The Labute approximate surface area is 102 Å². The lowest BCUT2D eigenvalue weighted by atomic mass is 10.0. The van der Waals surface area contributed by atoms with E-state index >= 15 is 0 Å². The summed E-state index contributed by atoms with van der Waals surface area (Å²) in [6, 6.07) is 2.90. The quantitative estimate of drug-likeness (QED) is 0.717. The minimum atomic E-state index is -2.90. The van der Waals surface area contributed by atoms with Crippen LogP contribution in [-0.2, 0) is 0 Å². The molecule has 6 heteroatoms. The minimum Gasteiger partial charge on any atom is -0.390 e. The van der Waals surface area contributed by atoms with Gasteiger partial charge in [-0.25, -0.2) is 13.2 Å². The van der Waals surface area contributed by atoms with Crippen molar-refractivity contribution in [3.05, 3.63) is 35.1 Å². The van der Waals surface area contributed by atoms with E-state index in [1.807, 2.05) is 0 Å². The van der Waals surface area contributed by atoms with Crippen LogP contribution in [0.1, 0.15) is 30.1 Å². The molecule has 0 heterocycles. The Hall–Kier alpha value is -0.720. The van der Waals surface area contributed by atoms with Crippen LogP contribution in [0.4, 0.5) is 13.2 Å². The summed E-state index contributed by atoms with van der Waals surface area (Å²) in [5, 5.41) is 19.1. The van der Waals surface area contributed by atoms with Crippen molar-refractivity contribution in [1.29, 1.82) is 0 Å². The zero-order valence-electron chi connectivity index (χ0n) is 8.85. The summed E-state index contributed by atoms with van der Waals surface area (Å²) in [5.74, 6) is -0.731. The van der Waals surface area contributed by atoms with Crippen molar-refractivity contribution in [1.82, 2.24) is 0 Å². The summed E-state index contributed by atoms with van der Waals surface area (Å²) in [6.45, 7) is 0. The summed E-state index contributed by atoms with van der Waals surface area (Å²) in [5.41, 5.74) is -0.647. The highest BCUT2D eigenvalue weighted by Crippen LogP contribution is 2.26. The van der Waals surface area contributed by atoms with E-state index in [9.17, 15) is 23.4 Å². The van der Waals surface area contributed by atoms with E-state index in [0.717, 1.165) is 12.1 Å². The molecule has 2 N–H and O–H groups in total. The normalized spacial score (nSPS) is 15.0. The molecule has 0 radical (unpaired) electrons. The number of rotatable bonds is 5. The average molecular weight is 266 g/mol. The number of hydrogen-bond donors (Lipinski definition) is 3. The molecule has 0 fully saturated rings. The van der Waals surface area contributed by atoms with E-state index in [-0.39, 0.29) is 12.0 Å². The van der Waals surface area contributed by atoms with Gasteiger partial charge in [-0.05, 0) is 23.8 Å². The van der Waals surface area contributed by atoms with E-state index < -0.39 is 30.0 Å². The fraction of sp³-hybridized carbons (Fsp3) is 0.455. The van der Waals surface area contributed by atoms with Gasteiger partial charge in [0.1, 0.15) is 11.9 Å². The molecule has 2 atom stereocenters. The highest BCUT2D eigenvalue weighted by Gasteiger charge is 2.20. The van der Waals surface area contributed by atoms with Crippen LogP contribution >= 0.6 is 12.6 Å². The van der Waals surface area contributed by atoms with E-state index in [1.165, 1.54) is 6.07 Å². The number of thiol groups is 1. The lowest BCUT2D eigenvalue weighted by Gasteiger charge is -2.17. The zero-order chi connectivity index (χ0) is 13.0. The Kier molecular flexibility index (Phi) is 5.30. The highest BCUT2D eigenvalue weighted by atomic mass is 32.1. The molecular weight excluding hydrogens is 253 g/mol. The van der Waals surface area contributed by atoms with Gasteiger partial charge in [-0.2, -0.15) is 12.6 Å². The molecular formula is C11H13F3O2S. The molecule has 0 amide bonds. The van der Waals surface area contributed by atoms with Gasteiger partial charge in [-0.1, -0.05) is 12.1 Å². The molecule has 0 aliphatic carbocycles. The first-order valence-electron chi connectivity index (χ1n) is 5.02. The van der Waals surface area contributed by atoms with Crippen molar-refractivity contribution in [3.63, 3.8) is 0 Å². The lowest BCUT2D eigenvalue weighted by Crippen LogP contribution is -2.19. The average Bonchev–Trinajstić information content (AvgIpc) is 2.27. The van der Waals surface area contributed by atoms with Gasteiger partial charge in [-0.15, -0.1) is 0 Å². The topological polar surface area (TPSA) is 40.5 Å². The van der Waals surface area contributed by atoms with Crippen molar-refractivity contribution >= 4 is 12.6 Å². The molecule has 0 saturated carbocycles. The Morgan fingerprint density at radius 2 is 1.88 bits per heavy atom. The van der Waals surface area contributed by atoms with Crippen LogP contribution in [-0.4, -0.2) is 22.1 Å². The Balaban J connectivity index is 2.89. The molecule has 0 aromatic heterocycles. The number of halogens is 3. The summed E-state index contributed by atoms with van der Waals surface area (Å²) in [4.78, 5) is 0. The van der Waals surface area contributed by atoms with Gasteiger partial charge in [0.05, 0.1) is 11.7 Å². The molecule has 17 heavy (non-hydrogen) atoms. The van der Waals surface area contributed by atoms with Gasteiger partial charge in [0.15, 0.2) is 0 Å². The number of hydrogen-bond acceptors (Lipinski definition) is 3. The molecule has 1 aromatic rings. The third kappa shape index (κ3) is 3.62. The third-order valence-corrected chi connectivity index (χ3v) is 2.65. The first kappa shape index (κ1) is 14.3. The Bertz CT molecular complexity index is 374. The largest absolute Gasteiger partial charge is 0.390 e. The van der Waals surface area contributed by atoms with E-state index in [0.29, 0.717) is 5.75 Å². The highest BCUT2D eigenvalue weighted by molar-refractivity contribution is 7.80. The monoisotopic (exact) mass is 266 g/mol. The van der Waals surface area contributed by atoms with Gasteiger partial charge in [0.2, 0.25) is 0 Å². The van der Waals surface area contributed by atoms with Crippen LogP contribution in [0.15, 0.2) is 18.2 Å². The number of aliphatic hydroxyl groups excluding tert-OH is 2. The van der Waals surface area contributed by atoms with Crippen LogP contribution < -0.4 is 0 Å². The van der Waals surface area contributed by atoms with Gasteiger partial charge in [-0.3, -0.25) is 0 Å². The van der Waals surface area contributed by atoms with Crippen LogP contribution in [0.3, 0.4) is 0 Å². The van der Waals surface area contributed by atoms with E-state index in [1.54, 1.807) is 0 Å². The second kappa shape index (κ2) is 6.28. The predicted molar refractivity (Wildman–Crippen MR) is 60.8 cm³/mol. The van der Waals surface area contributed by atoms with Crippen molar-refractivity contribution in [2.75, 3.05) is 5.75 Å². The number of alkyl halides is 2. The van der Waals surface area contributed by atoms with Crippen molar-refractivity contribution in [2.24, 2.45) is 0 Å². The predicted octanol–water partition coefficient (Wildman–Crippen LogP) is 2.48. The molecule has 0 aliphatic heterocycles. The van der Waals surface area contributed by atoms with Crippen LogP contribution in [0.5, 0.6) is 0 Å². The molecule has 0 saturated heterocycles. The molecule has 0 aliphatic rings. The van der Waals surface area contributed by atoms with Crippen molar-refractivity contribution in [2.45, 2.75) is 25.1 Å². The summed E-state index contributed by atoms with van der Waals surface area (Å²) in [6.07, 6.45) is -5.07. The molecule has 96 valence electrons. The van der Waals surface area contributed by atoms with Gasteiger partial charge in [0.25, 0.3) is 6.43 Å². The lowest BCUT2D eigenvalue weighted by molar-refractivity contribution is 0.0170. The fourth-order valence-corrected chi connectivity index (χ4v) is 1.68. The molecule has 0 spiro atoms. The second-order valence-corrected chi connectivity index (χ2v) is 4.05. The standard InChI is InChI=1S/C11H13F3O2S/c12-8-5-6(1-2-7(8)11(13)14)10(16)9(15)3-4-17/h1-2,5,9-11,15-17H,3-4H2. The van der Waals surface area contributed by atoms with E-state index in [4.69, 9.17) is 0 Å². The van der Waals surface area contributed by atoms with Crippen LogP contribution in [0.2, 0.25) is 0 Å². The fourth-order valence-electron chi connectivity index (χ4n) is 1.42. The molecule has 1 aromatic carbocycles. The summed E-state index contributed by atoms with van der Waals surface area (Å²) < 4.78 is 37.8. The van der Waals surface area contributed by atoms with E-state index in [2.05, 4.69) is 12.6 Å². The molecule has 1 rings (SSSR count). The van der Waals surface area contributed by atoms with Crippen molar-refractivity contribution in [3.8, 4) is 0 Å². The van der Waals surface area contributed by atoms with Crippen LogP contribution in [0.25, 0.3) is 0 Å². The first-order valence-corrected chi connectivity index (χ1v) is 5.65. The zero-order valence-corrected chi connectivity index (χ0v) is 9.75. The van der Waals surface area contributed by atoms with Gasteiger partial charge < -0.3 is 10.2 Å². The summed E-state index contributed by atoms with van der Waals surface area (Å²) >= 11 is 3.89. The summed E-state index contributed by atoms with van der Waals surface area (Å²) in [7, 11) is 0. The Morgan fingerprint density at radius 1 is 1.24 bits per heavy atom. The number of benzene rings is 1. The third-order valence-electron chi connectivity index (χ3n) is 2.39. The molecule has 2 nitrogen and oxygen atoms in total. The van der Waals surface area contributed by atoms with Crippen molar-refractivity contribution < 1.29 is 23.4 Å². The minimum absolute atomic E-state index is 0.0705. The maximum Gasteiger partial charge on any atom is 0.266 e. The Morgan fingerprint density at radius 3 is 2.35 bits per heavy atom. The SMILES string of the molecule is OC(CCS)C(O)c1ccc(C(F)F)c(F)c1. The first-order chi connectivity index (χ1) is 7.97. The molecule has 2 unspecified atom stereocenters.